The van der Waals surface area contributed by atoms with Gasteiger partial charge in [-0.3, -0.25) is 0 Å². The summed E-state index contributed by atoms with van der Waals surface area (Å²) in [6.07, 6.45) is 4.98. The van der Waals surface area contributed by atoms with Gasteiger partial charge in [0, 0.05) is 37.8 Å². The van der Waals surface area contributed by atoms with Crippen LogP contribution in [0.25, 0.3) is 0 Å². The number of aliphatic imine (C=N–C) groups is 1. The average Bonchev–Trinajstić information content (AvgIpc) is 3.29. The molecule has 3 N–H and O–H groups in total. The fourth-order valence-corrected chi connectivity index (χ4v) is 3.33. The molecule has 7 nitrogen and oxygen atoms in total. The summed E-state index contributed by atoms with van der Waals surface area (Å²) in [7, 11) is 0. The maximum atomic E-state index is 6.19. The van der Waals surface area contributed by atoms with Crippen molar-refractivity contribution in [2.24, 2.45) is 4.99 Å². The predicted octanol–water partition coefficient (Wildman–Crippen LogP) is 3.51. The molecule has 1 aliphatic heterocycles. The standard InChI is InChI=1S/C24H35N5O2/c1-3-25-24(28-14-7-6-13-27-23-8-4-5-12-26-23)29-17-20-10-9-19(2)16-22(20)31-21-11-15-30-18-21/h4-5,8-10,12,16,21H,3,6-7,11,13-15,17-18H2,1-2H3,(H,26,27)(H2,25,28,29). The first-order chi connectivity index (χ1) is 15.2. The molecule has 0 spiro atoms. The van der Waals surface area contributed by atoms with E-state index in [1.807, 2.05) is 18.2 Å². The number of pyridine rings is 1. The van der Waals surface area contributed by atoms with Crippen LogP contribution in [0.3, 0.4) is 0 Å². The maximum absolute atomic E-state index is 6.19. The quantitative estimate of drug-likeness (QED) is 0.290. The molecular weight excluding hydrogens is 390 g/mol. The van der Waals surface area contributed by atoms with Gasteiger partial charge in [0.15, 0.2) is 5.96 Å². The lowest BCUT2D eigenvalue weighted by Crippen LogP contribution is -2.37. The lowest BCUT2D eigenvalue weighted by atomic mass is 10.1. The lowest BCUT2D eigenvalue weighted by molar-refractivity contribution is 0.140. The van der Waals surface area contributed by atoms with Crippen molar-refractivity contribution in [3.05, 3.63) is 53.7 Å². The van der Waals surface area contributed by atoms with E-state index < -0.39 is 0 Å². The van der Waals surface area contributed by atoms with E-state index in [9.17, 15) is 0 Å². The molecule has 0 radical (unpaired) electrons. The molecule has 7 heteroatoms. The number of guanidine groups is 1. The van der Waals surface area contributed by atoms with Crippen LogP contribution in [0.2, 0.25) is 0 Å². The molecule has 2 aromatic rings. The number of anilines is 1. The molecule has 1 aromatic heterocycles. The third-order valence-electron chi connectivity index (χ3n) is 5.02. The third kappa shape index (κ3) is 8.09. The van der Waals surface area contributed by atoms with Gasteiger partial charge in [-0.1, -0.05) is 18.2 Å². The van der Waals surface area contributed by atoms with Gasteiger partial charge in [0.25, 0.3) is 0 Å². The molecule has 0 aliphatic carbocycles. The van der Waals surface area contributed by atoms with E-state index in [1.165, 1.54) is 5.56 Å². The van der Waals surface area contributed by atoms with Crippen LogP contribution >= 0.6 is 0 Å². The molecule has 1 saturated heterocycles. The highest BCUT2D eigenvalue weighted by atomic mass is 16.5. The lowest BCUT2D eigenvalue weighted by Gasteiger charge is -2.16. The first kappa shape index (κ1) is 22.9. The van der Waals surface area contributed by atoms with Crippen LogP contribution in [0.5, 0.6) is 5.75 Å². The van der Waals surface area contributed by atoms with Gasteiger partial charge in [-0.15, -0.1) is 0 Å². The van der Waals surface area contributed by atoms with Gasteiger partial charge in [-0.25, -0.2) is 9.98 Å². The van der Waals surface area contributed by atoms with Crippen LogP contribution in [0.15, 0.2) is 47.6 Å². The van der Waals surface area contributed by atoms with E-state index in [0.29, 0.717) is 13.2 Å². The van der Waals surface area contributed by atoms with Crippen molar-refractivity contribution in [3.8, 4) is 5.75 Å². The van der Waals surface area contributed by atoms with Crippen LogP contribution in [-0.4, -0.2) is 49.9 Å². The molecule has 31 heavy (non-hydrogen) atoms. The largest absolute Gasteiger partial charge is 0.488 e. The summed E-state index contributed by atoms with van der Waals surface area (Å²) in [5, 5.41) is 10.1. The predicted molar refractivity (Wildman–Crippen MR) is 126 cm³/mol. The van der Waals surface area contributed by atoms with Crippen LogP contribution in [0.4, 0.5) is 5.82 Å². The summed E-state index contributed by atoms with van der Waals surface area (Å²) >= 11 is 0. The zero-order valence-electron chi connectivity index (χ0n) is 18.7. The van der Waals surface area contributed by atoms with Crippen molar-refractivity contribution in [1.82, 2.24) is 15.6 Å². The van der Waals surface area contributed by atoms with Crippen molar-refractivity contribution in [2.75, 3.05) is 38.2 Å². The van der Waals surface area contributed by atoms with Crippen LogP contribution in [-0.2, 0) is 11.3 Å². The molecule has 1 fully saturated rings. The minimum Gasteiger partial charge on any atom is -0.488 e. The number of nitrogens with zero attached hydrogens (tertiary/aromatic N) is 2. The van der Waals surface area contributed by atoms with Gasteiger partial charge in [-0.2, -0.15) is 0 Å². The summed E-state index contributed by atoms with van der Waals surface area (Å²) in [6.45, 7) is 8.76. The fraction of sp³-hybridized carbons (Fsp3) is 0.500. The maximum Gasteiger partial charge on any atom is 0.191 e. The summed E-state index contributed by atoms with van der Waals surface area (Å²) in [4.78, 5) is 9.05. The average molecular weight is 426 g/mol. The van der Waals surface area contributed by atoms with Crippen LogP contribution in [0.1, 0.15) is 37.3 Å². The number of rotatable bonds is 11. The van der Waals surface area contributed by atoms with Gasteiger partial charge in [0.2, 0.25) is 0 Å². The Hall–Kier alpha value is -2.80. The second kappa shape index (κ2) is 12.8. The van der Waals surface area contributed by atoms with Gasteiger partial charge in [0.05, 0.1) is 19.8 Å². The molecule has 1 aromatic carbocycles. The Morgan fingerprint density at radius 1 is 1.19 bits per heavy atom. The van der Waals surface area contributed by atoms with E-state index in [1.54, 1.807) is 6.20 Å². The Morgan fingerprint density at radius 3 is 2.87 bits per heavy atom. The smallest absolute Gasteiger partial charge is 0.191 e. The van der Waals surface area contributed by atoms with E-state index in [-0.39, 0.29) is 6.10 Å². The van der Waals surface area contributed by atoms with Gasteiger partial charge >= 0.3 is 0 Å². The van der Waals surface area contributed by atoms with Crippen LogP contribution < -0.4 is 20.7 Å². The molecular formula is C24H35N5O2. The third-order valence-corrected chi connectivity index (χ3v) is 5.02. The number of ether oxygens (including phenoxy) is 2. The highest BCUT2D eigenvalue weighted by Crippen LogP contribution is 2.24. The highest BCUT2D eigenvalue weighted by Gasteiger charge is 2.18. The molecule has 1 unspecified atom stereocenters. The van der Waals surface area contributed by atoms with Crippen molar-refractivity contribution in [1.29, 1.82) is 0 Å². The van der Waals surface area contributed by atoms with Crippen molar-refractivity contribution in [2.45, 2.75) is 45.8 Å². The number of hydrogen-bond donors (Lipinski definition) is 3. The molecule has 168 valence electrons. The summed E-state index contributed by atoms with van der Waals surface area (Å²) in [5.41, 5.74) is 2.28. The van der Waals surface area contributed by atoms with Crippen molar-refractivity contribution in [3.63, 3.8) is 0 Å². The highest BCUT2D eigenvalue weighted by molar-refractivity contribution is 5.79. The van der Waals surface area contributed by atoms with Gasteiger partial charge in [0.1, 0.15) is 17.7 Å². The number of hydrogen-bond acceptors (Lipinski definition) is 5. The first-order valence-corrected chi connectivity index (χ1v) is 11.3. The number of unbranched alkanes of at least 4 members (excludes halogenated alkanes) is 1. The zero-order chi connectivity index (χ0) is 21.7. The number of benzene rings is 1. The molecule has 3 rings (SSSR count). The van der Waals surface area contributed by atoms with E-state index in [4.69, 9.17) is 14.5 Å². The van der Waals surface area contributed by atoms with Crippen LogP contribution in [0, 0.1) is 6.92 Å². The number of aryl methyl sites for hydroxylation is 1. The van der Waals surface area contributed by atoms with E-state index in [0.717, 1.165) is 68.6 Å². The molecule has 1 atom stereocenters. The Bertz CT molecular complexity index is 807. The second-order valence-corrected chi connectivity index (χ2v) is 7.69. The minimum absolute atomic E-state index is 0.135. The Balaban J connectivity index is 1.46. The van der Waals surface area contributed by atoms with E-state index >= 15 is 0 Å². The zero-order valence-corrected chi connectivity index (χ0v) is 18.7. The summed E-state index contributed by atoms with van der Waals surface area (Å²) in [5.74, 6) is 2.66. The van der Waals surface area contributed by atoms with Crippen molar-refractivity contribution < 1.29 is 9.47 Å². The number of nitrogens with one attached hydrogen (secondary N) is 3. The minimum atomic E-state index is 0.135. The Kier molecular flexibility index (Phi) is 9.44. The normalized spacial score (nSPS) is 16.2. The molecule has 0 bridgehead atoms. The molecule has 1 aliphatic rings. The summed E-state index contributed by atoms with van der Waals surface area (Å²) in [6, 6.07) is 12.2. The first-order valence-electron chi connectivity index (χ1n) is 11.3. The molecule has 0 amide bonds. The summed E-state index contributed by atoms with van der Waals surface area (Å²) < 4.78 is 11.6. The Morgan fingerprint density at radius 2 is 2.10 bits per heavy atom. The van der Waals surface area contributed by atoms with Gasteiger partial charge < -0.3 is 25.4 Å². The molecule has 0 saturated carbocycles. The topological polar surface area (TPSA) is 79.8 Å². The van der Waals surface area contributed by atoms with Gasteiger partial charge in [-0.05, 0) is 50.5 Å². The Labute approximate surface area is 185 Å². The van der Waals surface area contributed by atoms with E-state index in [2.05, 4.69) is 53.0 Å². The second-order valence-electron chi connectivity index (χ2n) is 7.69. The SMILES string of the molecule is CCNC(=NCc1ccc(C)cc1OC1CCOC1)NCCCCNc1ccccn1. The fourth-order valence-electron chi connectivity index (χ4n) is 3.33. The van der Waals surface area contributed by atoms with Crippen molar-refractivity contribution >= 4 is 11.8 Å². The monoisotopic (exact) mass is 425 g/mol. The molecule has 2 heterocycles. The number of aromatic nitrogens is 1.